The molecule has 0 unspecified atom stereocenters. The van der Waals surface area contributed by atoms with E-state index in [-0.39, 0.29) is 11.9 Å². The van der Waals surface area contributed by atoms with Crippen molar-refractivity contribution in [3.05, 3.63) is 45.8 Å². The van der Waals surface area contributed by atoms with Gasteiger partial charge in [0.15, 0.2) is 0 Å². The van der Waals surface area contributed by atoms with E-state index in [0.29, 0.717) is 35.3 Å². The van der Waals surface area contributed by atoms with Crippen molar-refractivity contribution in [2.24, 2.45) is 5.92 Å². The minimum atomic E-state index is -0.334. The van der Waals surface area contributed by atoms with Gasteiger partial charge in [-0.2, -0.15) is 0 Å². The number of rotatable bonds is 8. The molecule has 0 saturated heterocycles. The fourth-order valence-electron chi connectivity index (χ4n) is 3.28. The second-order valence-corrected chi connectivity index (χ2v) is 8.84. The molecule has 6 heteroatoms. The number of anilines is 1. The molecule has 1 aliphatic carbocycles. The third kappa shape index (κ3) is 5.38. The summed E-state index contributed by atoms with van der Waals surface area (Å²) in [4.78, 5) is 26.6. The zero-order valence-corrected chi connectivity index (χ0v) is 18.2. The van der Waals surface area contributed by atoms with E-state index in [9.17, 15) is 9.59 Å². The number of hydrogen-bond acceptors (Lipinski definition) is 5. The fraction of sp³-hybridized carbons (Fsp3) is 0.478. The van der Waals surface area contributed by atoms with Crippen LogP contribution in [-0.4, -0.2) is 25.1 Å². The highest BCUT2D eigenvalue weighted by Gasteiger charge is 2.27. The van der Waals surface area contributed by atoms with Crippen molar-refractivity contribution in [3.63, 3.8) is 0 Å². The first kappa shape index (κ1) is 21.4. The molecule has 1 heterocycles. The molecule has 0 bridgehead atoms. The number of benzene rings is 1. The summed E-state index contributed by atoms with van der Waals surface area (Å²) < 4.78 is 11.1. The van der Waals surface area contributed by atoms with Crippen molar-refractivity contribution in [2.75, 3.05) is 18.5 Å². The number of amides is 1. The van der Waals surface area contributed by atoms with Crippen molar-refractivity contribution >= 4 is 28.2 Å². The van der Waals surface area contributed by atoms with E-state index in [2.05, 4.69) is 19.2 Å². The molecule has 0 radical (unpaired) electrons. The first-order valence-corrected chi connectivity index (χ1v) is 11.2. The fourth-order valence-corrected chi connectivity index (χ4v) is 4.55. The molecule has 0 spiro atoms. The van der Waals surface area contributed by atoms with Gasteiger partial charge in [0, 0.05) is 10.4 Å². The third-order valence-corrected chi connectivity index (χ3v) is 5.95. The largest absolute Gasteiger partial charge is 0.493 e. The van der Waals surface area contributed by atoms with Crippen LogP contribution in [0.4, 0.5) is 5.00 Å². The zero-order valence-electron chi connectivity index (χ0n) is 17.4. The number of fused-ring (bicyclic) bond motifs is 1. The first-order chi connectivity index (χ1) is 14.0. The lowest BCUT2D eigenvalue weighted by Crippen LogP contribution is -2.16. The zero-order chi connectivity index (χ0) is 20.8. The lowest BCUT2D eigenvalue weighted by Gasteiger charge is -2.12. The molecular formula is C23H29NO4S. The maximum absolute atomic E-state index is 12.8. The highest BCUT2D eigenvalue weighted by Crippen LogP contribution is 2.38. The number of ether oxygens (including phenoxy) is 2. The Bertz CT molecular complexity index is 855. The van der Waals surface area contributed by atoms with E-state index < -0.39 is 0 Å². The molecule has 0 atom stereocenters. The van der Waals surface area contributed by atoms with E-state index >= 15 is 0 Å². The van der Waals surface area contributed by atoms with Crippen LogP contribution in [0.3, 0.4) is 0 Å². The van der Waals surface area contributed by atoms with Gasteiger partial charge >= 0.3 is 5.97 Å². The molecule has 1 aliphatic rings. The van der Waals surface area contributed by atoms with Crippen LogP contribution in [0.2, 0.25) is 0 Å². The molecule has 0 saturated carbocycles. The van der Waals surface area contributed by atoms with Crippen LogP contribution in [-0.2, 0) is 17.6 Å². The third-order valence-electron chi connectivity index (χ3n) is 4.74. The van der Waals surface area contributed by atoms with E-state index in [1.165, 1.54) is 16.2 Å². The normalized spacial score (nSPS) is 13.1. The van der Waals surface area contributed by atoms with Crippen molar-refractivity contribution in [1.82, 2.24) is 0 Å². The molecule has 1 N–H and O–H groups in total. The number of esters is 1. The van der Waals surface area contributed by atoms with Crippen molar-refractivity contribution in [2.45, 2.75) is 52.9 Å². The Balaban J connectivity index is 1.77. The molecule has 29 heavy (non-hydrogen) atoms. The maximum atomic E-state index is 12.8. The summed E-state index contributed by atoms with van der Waals surface area (Å²) in [5.41, 5.74) is 2.12. The van der Waals surface area contributed by atoms with Crippen molar-refractivity contribution in [3.8, 4) is 5.75 Å². The van der Waals surface area contributed by atoms with Gasteiger partial charge in [0.2, 0.25) is 0 Å². The molecule has 1 aromatic carbocycles. The Morgan fingerprint density at radius 3 is 2.55 bits per heavy atom. The van der Waals surface area contributed by atoms with Gasteiger partial charge in [-0.1, -0.05) is 20.8 Å². The van der Waals surface area contributed by atoms with Crippen LogP contribution in [0, 0.1) is 5.92 Å². The van der Waals surface area contributed by atoms with Gasteiger partial charge in [0.25, 0.3) is 5.91 Å². The molecule has 0 fully saturated rings. The summed E-state index contributed by atoms with van der Waals surface area (Å²) in [7, 11) is 0. The minimum absolute atomic E-state index is 0.233. The van der Waals surface area contributed by atoms with Crippen molar-refractivity contribution < 1.29 is 19.1 Å². The Labute approximate surface area is 176 Å². The van der Waals surface area contributed by atoms with Crippen LogP contribution in [0.5, 0.6) is 5.75 Å². The van der Waals surface area contributed by atoms with Crippen LogP contribution >= 0.6 is 11.3 Å². The van der Waals surface area contributed by atoms with Crippen LogP contribution in [0.25, 0.3) is 0 Å². The first-order valence-electron chi connectivity index (χ1n) is 10.4. The molecule has 1 amide bonds. The topological polar surface area (TPSA) is 64.6 Å². The molecular weight excluding hydrogens is 386 g/mol. The Morgan fingerprint density at radius 1 is 1.14 bits per heavy atom. The lowest BCUT2D eigenvalue weighted by atomic mass is 9.95. The van der Waals surface area contributed by atoms with Gasteiger partial charge in [-0.25, -0.2) is 4.79 Å². The predicted molar refractivity (Wildman–Crippen MR) is 116 cm³/mol. The van der Waals surface area contributed by atoms with E-state index in [1.54, 1.807) is 24.3 Å². The SMILES string of the molecule is CCCOC(=O)c1c(NC(=O)c2ccc(OCC(C)C)cc2)sc2c1CCCC2. The Morgan fingerprint density at radius 2 is 1.86 bits per heavy atom. The van der Waals surface area contributed by atoms with Gasteiger partial charge in [-0.15, -0.1) is 11.3 Å². The van der Waals surface area contributed by atoms with Crippen LogP contribution in [0.15, 0.2) is 24.3 Å². The number of hydrogen-bond donors (Lipinski definition) is 1. The number of aryl methyl sites for hydroxylation is 1. The van der Waals surface area contributed by atoms with Gasteiger partial charge in [-0.3, -0.25) is 4.79 Å². The standard InChI is InChI=1S/C23H29NO4S/c1-4-13-27-23(26)20-18-7-5-6-8-19(18)29-22(20)24-21(25)16-9-11-17(12-10-16)28-14-15(2)3/h9-12,15H,4-8,13-14H2,1-3H3,(H,24,25). The number of thiophene rings is 1. The summed E-state index contributed by atoms with van der Waals surface area (Å²) in [5.74, 6) is 0.613. The summed E-state index contributed by atoms with van der Waals surface area (Å²) >= 11 is 1.50. The molecule has 1 aromatic heterocycles. The van der Waals surface area contributed by atoms with Gasteiger partial charge < -0.3 is 14.8 Å². The average molecular weight is 416 g/mol. The number of carbonyl (C=O) groups excluding carboxylic acids is 2. The van der Waals surface area contributed by atoms with Gasteiger partial charge in [0.05, 0.1) is 18.8 Å². The molecule has 2 aromatic rings. The predicted octanol–water partition coefficient (Wildman–Crippen LogP) is 5.48. The Hall–Kier alpha value is -2.34. The summed E-state index contributed by atoms with van der Waals surface area (Å²) in [6, 6.07) is 7.08. The molecule has 5 nitrogen and oxygen atoms in total. The summed E-state index contributed by atoms with van der Waals surface area (Å²) in [6.07, 6.45) is 4.75. The summed E-state index contributed by atoms with van der Waals surface area (Å²) in [5, 5.41) is 3.55. The lowest BCUT2D eigenvalue weighted by molar-refractivity contribution is 0.0505. The van der Waals surface area contributed by atoms with E-state index in [4.69, 9.17) is 9.47 Å². The van der Waals surface area contributed by atoms with Crippen LogP contribution < -0.4 is 10.1 Å². The van der Waals surface area contributed by atoms with E-state index in [0.717, 1.165) is 43.4 Å². The highest BCUT2D eigenvalue weighted by molar-refractivity contribution is 7.17. The van der Waals surface area contributed by atoms with Crippen molar-refractivity contribution in [1.29, 1.82) is 0 Å². The highest BCUT2D eigenvalue weighted by atomic mass is 32.1. The molecule has 0 aliphatic heterocycles. The van der Waals surface area contributed by atoms with E-state index in [1.807, 2.05) is 6.92 Å². The average Bonchev–Trinajstić information content (AvgIpc) is 3.08. The smallest absolute Gasteiger partial charge is 0.341 e. The minimum Gasteiger partial charge on any atom is -0.493 e. The number of carbonyl (C=O) groups is 2. The molecule has 156 valence electrons. The summed E-state index contributed by atoms with van der Waals surface area (Å²) in [6.45, 7) is 7.16. The monoisotopic (exact) mass is 415 g/mol. The van der Waals surface area contributed by atoms with Crippen LogP contribution in [0.1, 0.15) is 71.2 Å². The second-order valence-electron chi connectivity index (χ2n) is 7.73. The van der Waals surface area contributed by atoms with Gasteiger partial charge in [0.1, 0.15) is 10.8 Å². The maximum Gasteiger partial charge on any atom is 0.341 e. The second kappa shape index (κ2) is 9.92. The van der Waals surface area contributed by atoms with Gasteiger partial charge in [-0.05, 0) is 67.9 Å². The number of nitrogens with one attached hydrogen (secondary N) is 1. The quantitative estimate of drug-likeness (QED) is 0.580. The molecule has 3 rings (SSSR count). The Kier molecular flexibility index (Phi) is 7.31.